The van der Waals surface area contributed by atoms with Gasteiger partial charge < -0.3 is 30.0 Å². The van der Waals surface area contributed by atoms with Crippen LogP contribution in [0.1, 0.15) is 12.5 Å². The number of hydrogen-bond donors (Lipinski definition) is 3. The molecule has 0 heterocycles. The first-order chi connectivity index (χ1) is 17.4. The molecule has 3 aromatic rings. The third-order valence-electron chi connectivity index (χ3n) is 4.80. The first-order valence-corrected chi connectivity index (χ1v) is 11.0. The van der Waals surface area contributed by atoms with Gasteiger partial charge in [-0.25, -0.2) is 0 Å². The fourth-order valence-electron chi connectivity index (χ4n) is 3.08. The molecule has 0 unspecified atom stereocenters. The van der Waals surface area contributed by atoms with Crippen molar-refractivity contribution in [1.82, 2.24) is 0 Å². The summed E-state index contributed by atoms with van der Waals surface area (Å²) >= 11 is 0. The lowest BCUT2D eigenvalue weighted by atomic mass is 10.1. The van der Waals surface area contributed by atoms with Gasteiger partial charge in [-0.2, -0.15) is 5.26 Å². The highest BCUT2D eigenvalue weighted by Crippen LogP contribution is 2.29. The maximum atomic E-state index is 12.5. The number of nitrogens with one attached hydrogen (secondary N) is 2. The largest absolute Gasteiger partial charge is 0.508 e. The number of ether oxygens (including phenoxy) is 3. The monoisotopic (exact) mass is 487 g/mol. The Morgan fingerprint density at radius 1 is 0.944 bits per heavy atom. The highest BCUT2D eigenvalue weighted by atomic mass is 16.5. The maximum absolute atomic E-state index is 12.5. The molecule has 0 spiro atoms. The zero-order chi connectivity index (χ0) is 25.9. The molecule has 0 aliphatic heterocycles. The zero-order valence-electron chi connectivity index (χ0n) is 19.8. The number of benzene rings is 3. The van der Waals surface area contributed by atoms with Crippen LogP contribution in [0.15, 0.2) is 72.3 Å². The number of nitrogens with zero attached hydrogens (tertiary/aromatic N) is 1. The SMILES string of the molecule is CCOc1cc(/C=C(\C#N)C(=O)Nc2ccc(O)cc2)ccc1OCC(=O)Nc1ccc(OC)cc1. The second kappa shape index (κ2) is 12.5. The van der Waals surface area contributed by atoms with Crippen LogP contribution in [0, 0.1) is 11.3 Å². The molecule has 3 aromatic carbocycles. The van der Waals surface area contributed by atoms with Crippen LogP contribution < -0.4 is 24.8 Å². The van der Waals surface area contributed by atoms with E-state index in [4.69, 9.17) is 14.2 Å². The highest BCUT2D eigenvalue weighted by molar-refractivity contribution is 6.09. The van der Waals surface area contributed by atoms with E-state index >= 15 is 0 Å². The van der Waals surface area contributed by atoms with E-state index in [1.54, 1.807) is 56.5 Å². The average Bonchev–Trinajstić information content (AvgIpc) is 2.88. The second-order valence-corrected chi connectivity index (χ2v) is 7.38. The van der Waals surface area contributed by atoms with Crippen LogP contribution in [0.25, 0.3) is 6.08 Å². The Morgan fingerprint density at radius 3 is 2.25 bits per heavy atom. The van der Waals surface area contributed by atoms with Crippen molar-refractivity contribution in [2.45, 2.75) is 6.92 Å². The molecule has 3 N–H and O–H groups in total. The quantitative estimate of drug-likeness (QED) is 0.220. The molecule has 0 aromatic heterocycles. The molecule has 0 saturated carbocycles. The van der Waals surface area contributed by atoms with Gasteiger partial charge in [0.05, 0.1) is 13.7 Å². The Bertz CT molecular complexity index is 1280. The van der Waals surface area contributed by atoms with E-state index in [2.05, 4.69) is 10.6 Å². The number of nitriles is 1. The summed E-state index contributed by atoms with van der Waals surface area (Å²) in [6, 6.07) is 19.5. The first-order valence-electron chi connectivity index (χ1n) is 11.0. The molecular weight excluding hydrogens is 462 g/mol. The van der Waals surface area contributed by atoms with Crippen LogP contribution in [-0.4, -0.2) is 37.2 Å². The fourth-order valence-corrected chi connectivity index (χ4v) is 3.08. The number of phenols is 1. The van der Waals surface area contributed by atoms with Gasteiger partial charge in [0, 0.05) is 11.4 Å². The predicted octanol–water partition coefficient (Wildman–Crippen LogP) is 4.36. The molecule has 2 amide bonds. The van der Waals surface area contributed by atoms with Gasteiger partial charge in [0.1, 0.15) is 23.1 Å². The molecule has 0 fully saturated rings. The van der Waals surface area contributed by atoms with Gasteiger partial charge in [-0.15, -0.1) is 0 Å². The number of anilines is 2. The molecule has 36 heavy (non-hydrogen) atoms. The lowest BCUT2D eigenvalue weighted by Crippen LogP contribution is -2.20. The highest BCUT2D eigenvalue weighted by Gasteiger charge is 2.13. The van der Waals surface area contributed by atoms with E-state index in [0.29, 0.717) is 40.8 Å². The van der Waals surface area contributed by atoms with Crippen molar-refractivity contribution in [3.05, 3.63) is 77.9 Å². The van der Waals surface area contributed by atoms with Crippen LogP contribution in [0.3, 0.4) is 0 Å². The number of methoxy groups -OCH3 is 1. The van der Waals surface area contributed by atoms with E-state index < -0.39 is 5.91 Å². The van der Waals surface area contributed by atoms with Gasteiger partial charge in [-0.3, -0.25) is 9.59 Å². The van der Waals surface area contributed by atoms with Gasteiger partial charge in [0.15, 0.2) is 18.1 Å². The lowest BCUT2D eigenvalue weighted by Gasteiger charge is -2.13. The van der Waals surface area contributed by atoms with Gasteiger partial charge in [-0.05, 0) is 79.2 Å². The Kier molecular flexibility index (Phi) is 8.89. The van der Waals surface area contributed by atoms with Crippen LogP contribution in [0.4, 0.5) is 11.4 Å². The van der Waals surface area contributed by atoms with Crippen molar-refractivity contribution >= 4 is 29.3 Å². The van der Waals surface area contributed by atoms with E-state index in [1.807, 2.05) is 6.07 Å². The van der Waals surface area contributed by atoms with E-state index in [1.165, 1.54) is 30.3 Å². The lowest BCUT2D eigenvalue weighted by molar-refractivity contribution is -0.118. The molecule has 9 nitrogen and oxygen atoms in total. The summed E-state index contributed by atoms with van der Waals surface area (Å²) in [5, 5.41) is 24.2. The van der Waals surface area contributed by atoms with Crippen LogP contribution in [0.5, 0.6) is 23.0 Å². The van der Waals surface area contributed by atoms with Crippen molar-refractivity contribution < 1.29 is 28.9 Å². The first kappa shape index (κ1) is 25.6. The molecule has 9 heteroatoms. The Labute approximate surface area is 208 Å². The molecule has 0 aliphatic carbocycles. The summed E-state index contributed by atoms with van der Waals surface area (Å²) in [5.74, 6) is 0.483. The maximum Gasteiger partial charge on any atom is 0.266 e. The zero-order valence-corrected chi connectivity index (χ0v) is 19.8. The molecule has 0 radical (unpaired) electrons. The van der Waals surface area contributed by atoms with Crippen LogP contribution in [0.2, 0.25) is 0 Å². The van der Waals surface area contributed by atoms with Crippen LogP contribution >= 0.6 is 0 Å². The number of phenolic OH excluding ortho intramolecular Hbond substituents is 1. The molecule has 3 rings (SSSR count). The summed E-state index contributed by atoms with van der Waals surface area (Å²) in [7, 11) is 1.56. The third kappa shape index (κ3) is 7.27. The number of amides is 2. The van der Waals surface area contributed by atoms with Crippen molar-refractivity contribution in [2.75, 3.05) is 31.0 Å². The molecule has 0 saturated heterocycles. The molecule has 0 bridgehead atoms. The van der Waals surface area contributed by atoms with Gasteiger partial charge in [0.25, 0.3) is 11.8 Å². The molecular formula is C27H25N3O6. The van der Waals surface area contributed by atoms with Crippen molar-refractivity contribution in [1.29, 1.82) is 5.26 Å². The van der Waals surface area contributed by atoms with E-state index in [0.717, 1.165) is 0 Å². The van der Waals surface area contributed by atoms with Crippen molar-refractivity contribution in [3.63, 3.8) is 0 Å². The second-order valence-electron chi connectivity index (χ2n) is 7.38. The van der Waals surface area contributed by atoms with E-state index in [-0.39, 0.29) is 23.8 Å². The normalized spacial score (nSPS) is 10.6. The number of hydrogen-bond acceptors (Lipinski definition) is 7. The average molecular weight is 488 g/mol. The molecule has 184 valence electrons. The molecule has 0 aliphatic rings. The van der Waals surface area contributed by atoms with Crippen LogP contribution in [-0.2, 0) is 9.59 Å². The third-order valence-corrected chi connectivity index (χ3v) is 4.80. The fraction of sp³-hybridized carbons (Fsp3) is 0.148. The summed E-state index contributed by atoms with van der Waals surface area (Å²) in [4.78, 5) is 24.8. The standard InChI is InChI=1S/C27H25N3O6/c1-3-35-25-15-18(14-19(16-28)27(33)30-21-5-9-22(31)10-6-21)4-13-24(25)36-17-26(32)29-20-7-11-23(34-2)12-8-20/h4-15,31H,3,17H2,1-2H3,(H,29,32)(H,30,33)/b19-14+. The number of aromatic hydroxyl groups is 1. The minimum absolute atomic E-state index is 0.0630. The number of carbonyl (C=O) groups excluding carboxylic acids is 2. The van der Waals surface area contributed by atoms with Gasteiger partial charge >= 0.3 is 0 Å². The number of rotatable bonds is 10. The van der Waals surface area contributed by atoms with Crippen molar-refractivity contribution in [2.24, 2.45) is 0 Å². The number of carbonyl (C=O) groups is 2. The minimum atomic E-state index is -0.600. The van der Waals surface area contributed by atoms with Gasteiger partial charge in [0.2, 0.25) is 0 Å². The predicted molar refractivity (Wildman–Crippen MR) is 135 cm³/mol. The smallest absolute Gasteiger partial charge is 0.266 e. The van der Waals surface area contributed by atoms with Crippen molar-refractivity contribution in [3.8, 4) is 29.1 Å². The topological polar surface area (TPSA) is 130 Å². The minimum Gasteiger partial charge on any atom is -0.508 e. The summed E-state index contributed by atoms with van der Waals surface area (Å²) < 4.78 is 16.4. The summed E-state index contributed by atoms with van der Waals surface area (Å²) in [5.41, 5.74) is 1.44. The van der Waals surface area contributed by atoms with Gasteiger partial charge in [-0.1, -0.05) is 6.07 Å². The van der Waals surface area contributed by atoms with E-state index in [9.17, 15) is 20.0 Å². The Morgan fingerprint density at radius 2 is 1.61 bits per heavy atom. The molecule has 0 atom stereocenters. The Hall–Kier alpha value is -4.97. The summed E-state index contributed by atoms with van der Waals surface area (Å²) in [6.45, 7) is 1.89. The Balaban J connectivity index is 1.68. The summed E-state index contributed by atoms with van der Waals surface area (Å²) in [6.07, 6.45) is 1.42.